The summed E-state index contributed by atoms with van der Waals surface area (Å²) in [6.45, 7) is 4.30. The standard InChI is InChI=1S/C18H38O2/c1-3-5-7-8-9-10-11-12-13-14-16-18(20,17-19)15-6-4-2/h19-20H,3-17H2,1-2H3. The highest BCUT2D eigenvalue weighted by Gasteiger charge is 2.24. The molecule has 1 unspecified atom stereocenters. The van der Waals surface area contributed by atoms with E-state index in [2.05, 4.69) is 13.8 Å². The van der Waals surface area contributed by atoms with Crippen molar-refractivity contribution in [2.75, 3.05) is 6.61 Å². The molecule has 20 heavy (non-hydrogen) atoms. The average Bonchev–Trinajstić information content (AvgIpc) is 2.47. The van der Waals surface area contributed by atoms with E-state index in [1.807, 2.05) is 0 Å². The molecule has 0 aromatic heterocycles. The third-order valence-corrected chi connectivity index (χ3v) is 4.29. The van der Waals surface area contributed by atoms with Crippen LogP contribution in [0.25, 0.3) is 0 Å². The predicted molar refractivity (Wildman–Crippen MR) is 88.0 cm³/mol. The Morgan fingerprint density at radius 2 is 1.00 bits per heavy atom. The third-order valence-electron chi connectivity index (χ3n) is 4.29. The maximum atomic E-state index is 10.2. The highest BCUT2D eigenvalue weighted by molar-refractivity contribution is 4.77. The summed E-state index contributed by atoms with van der Waals surface area (Å²) in [6, 6.07) is 0. The Morgan fingerprint density at radius 1 is 0.600 bits per heavy atom. The first-order chi connectivity index (χ1) is 9.68. The summed E-state index contributed by atoms with van der Waals surface area (Å²) in [5.41, 5.74) is -0.809. The lowest BCUT2D eigenvalue weighted by molar-refractivity contribution is -0.0311. The maximum Gasteiger partial charge on any atom is 0.0877 e. The minimum atomic E-state index is -0.809. The molecule has 0 saturated carbocycles. The van der Waals surface area contributed by atoms with E-state index < -0.39 is 5.60 Å². The molecule has 0 saturated heterocycles. The van der Waals surface area contributed by atoms with Crippen LogP contribution in [-0.2, 0) is 0 Å². The lowest BCUT2D eigenvalue weighted by Gasteiger charge is -2.25. The molecule has 0 rings (SSSR count). The highest BCUT2D eigenvalue weighted by atomic mass is 16.3. The summed E-state index contributed by atoms with van der Waals surface area (Å²) >= 11 is 0. The van der Waals surface area contributed by atoms with Gasteiger partial charge in [0.25, 0.3) is 0 Å². The fraction of sp³-hybridized carbons (Fsp3) is 1.00. The lowest BCUT2D eigenvalue weighted by Crippen LogP contribution is -2.33. The van der Waals surface area contributed by atoms with Crippen LogP contribution < -0.4 is 0 Å². The van der Waals surface area contributed by atoms with Crippen LogP contribution in [-0.4, -0.2) is 22.4 Å². The molecule has 0 spiro atoms. The molecule has 0 amide bonds. The number of aliphatic hydroxyl groups excluding tert-OH is 1. The number of aliphatic hydroxyl groups is 2. The van der Waals surface area contributed by atoms with Crippen LogP contribution in [0.1, 0.15) is 104 Å². The monoisotopic (exact) mass is 286 g/mol. The summed E-state index contributed by atoms with van der Waals surface area (Å²) in [6.07, 6.45) is 16.7. The second-order valence-electron chi connectivity index (χ2n) is 6.42. The SMILES string of the molecule is CCCCCCCCCCCCC(O)(CO)CCCC. The van der Waals surface area contributed by atoms with Gasteiger partial charge >= 0.3 is 0 Å². The van der Waals surface area contributed by atoms with E-state index in [-0.39, 0.29) is 6.61 Å². The Hall–Kier alpha value is -0.0800. The molecule has 0 aliphatic carbocycles. The Balaban J connectivity index is 3.37. The Labute approximate surface area is 127 Å². The van der Waals surface area contributed by atoms with Gasteiger partial charge in [0.05, 0.1) is 12.2 Å². The Morgan fingerprint density at radius 3 is 1.45 bits per heavy atom. The van der Waals surface area contributed by atoms with Crippen molar-refractivity contribution in [3.63, 3.8) is 0 Å². The first-order valence-corrected chi connectivity index (χ1v) is 9.01. The molecule has 1 atom stereocenters. The fourth-order valence-corrected chi connectivity index (χ4v) is 2.73. The van der Waals surface area contributed by atoms with Gasteiger partial charge in [-0.05, 0) is 12.8 Å². The van der Waals surface area contributed by atoms with Crippen LogP contribution in [0.3, 0.4) is 0 Å². The molecule has 2 heteroatoms. The highest BCUT2D eigenvalue weighted by Crippen LogP contribution is 2.22. The molecule has 0 aliphatic rings. The molecule has 2 N–H and O–H groups in total. The largest absolute Gasteiger partial charge is 0.393 e. The van der Waals surface area contributed by atoms with Crippen molar-refractivity contribution in [1.29, 1.82) is 0 Å². The van der Waals surface area contributed by atoms with E-state index in [4.69, 9.17) is 0 Å². The molecule has 0 aromatic rings. The van der Waals surface area contributed by atoms with Crippen molar-refractivity contribution in [1.82, 2.24) is 0 Å². The Bertz CT molecular complexity index is 194. The van der Waals surface area contributed by atoms with Crippen molar-refractivity contribution in [3.8, 4) is 0 Å². The van der Waals surface area contributed by atoms with Gasteiger partial charge in [-0.25, -0.2) is 0 Å². The van der Waals surface area contributed by atoms with Crippen LogP contribution in [0, 0.1) is 0 Å². The van der Waals surface area contributed by atoms with E-state index in [0.29, 0.717) is 0 Å². The third kappa shape index (κ3) is 11.7. The normalized spacial score (nSPS) is 14.4. The van der Waals surface area contributed by atoms with Crippen LogP contribution in [0.5, 0.6) is 0 Å². The zero-order valence-corrected chi connectivity index (χ0v) is 14.0. The molecule has 2 nitrogen and oxygen atoms in total. The summed E-state index contributed by atoms with van der Waals surface area (Å²) in [7, 11) is 0. The van der Waals surface area contributed by atoms with Crippen molar-refractivity contribution in [2.45, 2.75) is 109 Å². The van der Waals surface area contributed by atoms with Gasteiger partial charge in [0.2, 0.25) is 0 Å². The average molecular weight is 286 g/mol. The molecule has 0 bridgehead atoms. The molecule has 0 fully saturated rings. The van der Waals surface area contributed by atoms with Crippen molar-refractivity contribution in [3.05, 3.63) is 0 Å². The minimum Gasteiger partial charge on any atom is -0.393 e. The van der Waals surface area contributed by atoms with E-state index in [1.165, 1.54) is 57.8 Å². The minimum absolute atomic E-state index is 0.0789. The molecule has 122 valence electrons. The number of hydrogen-bond donors (Lipinski definition) is 2. The van der Waals surface area contributed by atoms with Crippen LogP contribution in [0.4, 0.5) is 0 Å². The lowest BCUT2D eigenvalue weighted by atomic mass is 9.91. The van der Waals surface area contributed by atoms with Gasteiger partial charge in [0.15, 0.2) is 0 Å². The number of rotatable bonds is 15. The van der Waals surface area contributed by atoms with Crippen molar-refractivity contribution in [2.24, 2.45) is 0 Å². The summed E-state index contributed by atoms with van der Waals surface area (Å²) < 4.78 is 0. The van der Waals surface area contributed by atoms with E-state index >= 15 is 0 Å². The zero-order chi connectivity index (χ0) is 15.1. The van der Waals surface area contributed by atoms with Gasteiger partial charge in [0, 0.05) is 0 Å². The molecular weight excluding hydrogens is 248 g/mol. The van der Waals surface area contributed by atoms with Gasteiger partial charge in [-0.3, -0.25) is 0 Å². The molecular formula is C18H38O2. The van der Waals surface area contributed by atoms with Gasteiger partial charge < -0.3 is 10.2 Å². The van der Waals surface area contributed by atoms with Crippen LogP contribution in [0.15, 0.2) is 0 Å². The summed E-state index contributed by atoms with van der Waals surface area (Å²) in [5.74, 6) is 0. The maximum absolute atomic E-state index is 10.2. The molecule has 0 radical (unpaired) electrons. The van der Waals surface area contributed by atoms with Gasteiger partial charge in [-0.15, -0.1) is 0 Å². The van der Waals surface area contributed by atoms with E-state index in [0.717, 1.165) is 32.1 Å². The fourth-order valence-electron chi connectivity index (χ4n) is 2.73. The summed E-state index contributed by atoms with van der Waals surface area (Å²) in [5, 5.41) is 19.5. The second-order valence-corrected chi connectivity index (χ2v) is 6.42. The molecule has 0 heterocycles. The number of hydrogen-bond acceptors (Lipinski definition) is 2. The second kappa shape index (κ2) is 13.9. The van der Waals surface area contributed by atoms with Crippen LogP contribution >= 0.6 is 0 Å². The zero-order valence-electron chi connectivity index (χ0n) is 14.0. The molecule has 0 aliphatic heterocycles. The Kier molecular flexibility index (Phi) is 13.8. The van der Waals surface area contributed by atoms with Gasteiger partial charge in [0.1, 0.15) is 0 Å². The van der Waals surface area contributed by atoms with Crippen molar-refractivity contribution < 1.29 is 10.2 Å². The summed E-state index contributed by atoms with van der Waals surface area (Å²) in [4.78, 5) is 0. The number of unbranched alkanes of at least 4 members (excludes halogenated alkanes) is 10. The molecule has 0 aromatic carbocycles. The first-order valence-electron chi connectivity index (χ1n) is 9.01. The smallest absolute Gasteiger partial charge is 0.0877 e. The van der Waals surface area contributed by atoms with E-state index in [9.17, 15) is 10.2 Å². The van der Waals surface area contributed by atoms with Gasteiger partial charge in [-0.1, -0.05) is 90.9 Å². The van der Waals surface area contributed by atoms with Gasteiger partial charge in [-0.2, -0.15) is 0 Å². The first kappa shape index (κ1) is 19.9. The predicted octanol–water partition coefficient (Wildman–Crippen LogP) is 5.21. The van der Waals surface area contributed by atoms with Crippen molar-refractivity contribution >= 4 is 0 Å². The quantitative estimate of drug-likeness (QED) is 0.406. The van der Waals surface area contributed by atoms with Crippen LogP contribution in [0.2, 0.25) is 0 Å². The van der Waals surface area contributed by atoms with E-state index in [1.54, 1.807) is 0 Å². The topological polar surface area (TPSA) is 40.5 Å².